The van der Waals surface area contributed by atoms with Crippen LogP contribution in [0.15, 0.2) is 42.5 Å². The van der Waals surface area contributed by atoms with Crippen LogP contribution in [-0.4, -0.2) is 20.2 Å². The molecule has 0 aliphatic carbocycles. The normalized spacial score (nSPS) is 10.7. The smallest absolute Gasteiger partial charge is 0.187 e. The first-order chi connectivity index (χ1) is 9.63. The van der Waals surface area contributed by atoms with Crippen LogP contribution in [0.4, 0.5) is 5.69 Å². The van der Waals surface area contributed by atoms with Crippen LogP contribution in [0.1, 0.15) is 5.56 Å². The van der Waals surface area contributed by atoms with Crippen molar-refractivity contribution in [2.75, 3.05) is 5.73 Å². The molecular weight excluding hydrogens is 274 g/mol. The molecule has 6 heteroatoms. The van der Waals surface area contributed by atoms with Gasteiger partial charge in [0.25, 0.3) is 0 Å². The molecule has 2 N–H and O–H groups in total. The molecule has 0 unspecified atom stereocenters. The Morgan fingerprint density at radius 3 is 2.75 bits per heavy atom. The van der Waals surface area contributed by atoms with E-state index < -0.39 is 0 Å². The third kappa shape index (κ3) is 2.35. The van der Waals surface area contributed by atoms with Crippen LogP contribution in [0.3, 0.4) is 0 Å². The van der Waals surface area contributed by atoms with Gasteiger partial charge in [0.1, 0.15) is 0 Å². The molecule has 0 radical (unpaired) electrons. The van der Waals surface area contributed by atoms with Gasteiger partial charge in [0.2, 0.25) is 0 Å². The van der Waals surface area contributed by atoms with E-state index in [-0.39, 0.29) is 0 Å². The lowest BCUT2D eigenvalue weighted by atomic mass is 10.1. The second kappa shape index (κ2) is 4.94. The van der Waals surface area contributed by atoms with E-state index in [0.29, 0.717) is 16.5 Å². The fourth-order valence-corrected chi connectivity index (χ4v) is 2.28. The Morgan fingerprint density at radius 1 is 1.15 bits per heavy atom. The molecule has 20 heavy (non-hydrogen) atoms. The van der Waals surface area contributed by atoms with E-state index in [2.05, 4.69) is 15.5 Å². The number of tetrazole rings is 1. The maximum absolute atomic E-state index is 6.01. The number of nitrogens with two attached hydrogens (primary N) is 1. The first-order valence-corrected chi connectivity index (χ1v) is 6.43. The van der Waals surface area contributed by atoms with E-state index in [0.717, 1.165) is 16.8 Å². The number of aryl methyl sites for hydroxylation is 1. The molecule has 0 spiro atoms. The minimum absolute atomic E-state index is 0.627. The predicted molar refractivity (Wildman–Crippen MR) is 78.7 cm³/mol. The molecule has 0 atom stereocenters. The lowest BCUT2D eigenvalue weighted by Gasteiger charge is -2.06. The van der Waals surface area contributed by atoms with Crippen molar-refractivity contribution < 1.29 is 0 Å². The number of halogens is 1. The lowest BCUT2D eigenvalue weighted by molar-refractivity contribution is 0.791. The minimum atomic E-state index is 0.627. The molecule has 3 rings (SSSR count). The van der Waals surface area contributed by atoms with E-state index in [9.17, 15) is 0 Å². The molecular formula is C14H12ClN5. The highest BCUT2D eigenvalue weighted by Gasteiger charge is 2.11. The van der Waals surface area contributed by atoms with Crippen molar-refractivity contribution in [3.8, 4) is 17.1 Å². The van der Waals surface area contributed by atoms with E-state index in [4.69, 9.17) is 17.3 Å². The second-order valence-corrected chi connectivity index (χ2v) is 4.96. The van der Waals surface area contributed by atoms with Gasteiger partial charge in [-0.2, -0.15) is 4.68 Å². The SMILES string of the molecule is Cc1cc(N)cc(-c2nnnn2-c2cccc(Cl)c2)c1. The van der Waals surface area contributed by atoms with E-state index in [1.54, 1.807) is 16.8 Å². The molecule has 0 aliphatic heterocycles. The molecule has 0 saturated heterocycles. The van der Waals surface area contributed by atoms with Gasteiger partial charge in [0.05, 0.1) is 5.69 Å². The summed E-state index contributed by atoms with van der Waals surface area (Å²) >= 11 is 6.01. The third-order valence-corrected chi connectivity index (χ3v) is 3.12. The maximum atomic E-state index is 6.01. The van der Waals surface area contributed by atoms with Gasteiger partial charge in [-0.25, -0.2) is 0 Å². The Bertz CT molecular complexity index is 746. The summed E-state index contributed by atoms with van der Waals surface area (Å²) < 4.78 is 1.64. The van der Waals surface area contributed by atoms with Crippen molar-refractivity contribution in [3.63, 3.8) is 0 Å². The van der Waals surface area contributed by atoms with Crippen molar-refractivity contribution in [1.82, 2.24) is 20.2 Å². The fourth-order valence-electron chi connectivity index (χ4n) is 2.09. The van der Waals surface area contributed by atoms with Crippen LogP contribution in [0.2, 0.25) is 5.02 Å². The van der Waals surface area contributed by atoms with Gasteiger partial charge >= 0.3 is 0 Å². The largest absolute Gasteiger partial charge is 0.399 e. The summed E-state index contributed by atoms with van der Waals surface area (Å²) in [6.45, 7) is 1.98. The van der Waals surface area contributed by atoms with Crippen molar-refractivity contribution in [1.29, 1.82) is 0 Å². The summed E-state index contributed by atoms with van der Waals surface area (Å²) in [4.78, 5) is 0. The number of nitrogen functional groups attached to an aromatic ring is 1. The quantitative estimate of drug-likeness (QED) is 0.735. The molecule has 1 aromatic heterocycles. The average Bonchev–Trinajstić information content (AvgIpc) is 2.86. The van der Waals surface area contributed by atoms with Crippen molar-refractivity contribution in [3.05, 3.63) is 53.1 Å². The summed E-state index contributed by atoms with van der Waals surface area (Å²) in [6, 6.07) is 13.1. The molecule has 0 aliphatic rings. The lowest BCUT2D eigenvalue weighted by Crippen LogP contribution is -2.00. The van der Waals surface area contributed by atoms with Gasteiger partial charge in [-0.05, 0) is 59.3 Å². The number of hydrogen-bond acceptors (Lipinski definition) is 4. The standard InChI is InChI=1S/C14H12ClN5/c1-9-5-10(7-12(16)6-9)14-17-18-19-20(14)13-4-2-3-11(15)8-13/h2-8H,16H2,1H3. The van der Waals surface area contributed by atoms with Crippen molar-refractivity contribution in [2.24, 2.45) is 0 Å². The molecule has 0 saturated carbocycles. The Balaban J connectivity index is 2.15. The number of nitrogens with zero attached hydrogens (tertiary/aromatic N) is 4. The third-order valence-electron chi connectivity index (χ3n) is 2.88. The zero-order valence-corrected chi connectivity index (χ0v) is 11.5. The topological polar surface area (TPSA) is 69.6 Å². The molecule has 5 nitrogen and oxygen atoms in total. The van der Waals surface area contributed by atoms with Crippen LogP contribution in [-0.2, 0) is 0 Å². The van der Waals surface area contributed by atoms with E-state index in [1.165, 1.54) is 0 Å². The van der Waals surface area contributed by atoms with Crippen LogP contribution in [0.25, 0.3) is 17.1 Å². The van der Waals surface area contributed by atoms with Gasteiger partial charge in [-0.15, -0.1) is 5.10 Å². The van der Waals surface area contributed by atoms with Gasteiger partial charge in [0.15, 0.2) is 5.82 Å². The summed E-state index contributed by atoms with van der Waals surface area (Å²) in [5, 5.41) is 12.5. The Morgan fingerprint density at radius 2 is 2.00 bits per heavy atom. The Kier molecular flexibility index (Phi) is 3.12. The summed E-state index contributed by atoms with van der Waals surface area (Å²) in [5.74, 6) is 0.627. The first kappa shape index (κ1) is 12.6. The van der Waals surface area contributed by atoms with Gasteiger partial charge in [-0.3, -0.25) is 0 Å². The number of anilines is 1. The zero-order valence-electron chi connectivity index (χ0n) is 10.8. The van der Waals surface area contributed by atoms with Crippen LogP contribution in [0.5, 0.6) is 0 Å². The first-order valence-electron chi connectivity index (χ1n) is 6.05. The van der Waals surface area contributed by atoms with Gasteiger partial charge in [0, 0.05) is 16.3 Å². The van der Waals surface area contributed by atoms with Crippen LogP contribution < -0.4 is 5.73 Å². The van der Waals surface area contributed by atoms with Crippen molar-refractivity contribution >= 4 is 17.3 Å². The number of rotatable bonds is 2. The van der Waals surface area contributed by atoms with E-state index >= 15 is 0 Å². The van der Waals surface area contributed by atoms with Gasteiger partial charge in [-0.1, -0.05) is 17.7 Å². The van der Waals surface area contributed by atoms with Crippen molar-refractivity contribution in [2.45, 2.75) is 6.92 Å². The number of aromatic nitrogens is 4. The van der Waals surface area contributed by atoms with E-state index in [1.807, 2.05) is 37.3 Å². The number of hydrogen-bond donors (Lipinski definition) is 1. The average molecular weight is 286 g/mol. The minimum Gasteiger partial charge on any atom is -0.399 e. The molecule has 0 bridgehead atoms. The highest BCUT2D eigenvalue weighted by atomic mass is 35.5. The summed E-state index contributed by atoms with van der Waals surface area (Å²) in [6.07, 6.45) is 0. The Hall–Kier alpha value is -2.40. The molecule has 1 heterocycles. The maximum Gasteiger partial charge on any atom is 0.187 e. The monoisotopic (exact) mass is 285 g/mol. The number of benzene rings is 2. The molecule has 2 aromatic carbocycles. The highest BCUT2D eigenvalue weighted by Crippen LogP contribution is 2.24. The summed E-state index contributed by atoms with van der Waals surface area (Å²) in [7, 11) is 0. The predicted octanol–water partition coefficient (Wildman–Crippen LogP) is 2.87. The van der Waals surface area contributed by atoms with Gasteiger partial charge < -0.3 is 5.73 Å². The molecule has 100 valence electrons. The molecule has 3 aromatic rings. The molecule has 0 fully saturated rings. The molecule has 0 amide bonds. The Labute approximate surface area is 121 Å². The summed E-state index contributed by atoms with van der Waals surface area (Å²) in [5.41, 5.74) is 9.29. The highest BCUT2D eigenvalue weighted by molar-refractivity contribution is 6.30. The zero-order chi connectivity index (χ0) is 14.1. The second-order valence-electron chi connectivity index (χ2n) is 4.53. The van der Waals surface area contributed by atoms with Crippen LogP contribution >= 0.6 is 11.6 Å². The van der Waals surface area contributed by atoms with Crippen LogP contribution in [0, 0.1) is 6.92 Å². The fraction of sp³-hybridized carbons (Fsp3) is 0.0714.